The molecule has 0 amide bonds. The topological polar surface area (TPSA) is 118 Å². The van der Waals surface area contributed by atoms with Crippen LogP contribution in [0.1, 0.15) is 0 Å². The van der Waals surface area contributed by atoms with E-state index in [2.05, 4.69) is 2.04 Å². The van der Waals surface area contributed by atoms with E-state index in [0.29, 0.717) is 0 Å². The van der Waals surface area contributed by atoms with Crippen molar-refractivity contribution in [1.82, 2.24) is 0 Å². The molecule has 0 radical (unpaired) electrons. The molecule has 0 aromatic heterocycles. The first-order valence-corrected chi connectivity index (χ1v) is 11.2. The molecule has 0 saturated heterocycles. The van der Waals surface area contributed by atoms with Gasteiger partial charge in [-0.05, 0) is 0 Å². The molecule has 56 valence electrons. The fourth-order valence-electron chi connectivity index (χ4n) is 0.109. The number of hydrogen-bond acceptors (Lipinski definition) is 5. The fraction of sp³-hybridized carbons (Fsp3) is 0. The third kappa shape index (κ3) is 8.46. The normalized spacial score (nSPS) is 13.6. The SMILES string of the molecule is [O]=[W](=[O])([OH])[O][W](=[O])(=[O])[OH]. The molecular weight excluding hydrogens is 480 g/mol. The van der Waals surface area contributed by atoms with Gasteiger partial charge in [-0.1, -0.05) is 0 Å². The van der Waals surface area contributed by atoms with Gasteiger partial charge in [0.2, 0.25) is 0 Å². The quantitative estimate of drug-likeness (QED) is 0.485. The minimum absolute atomic E-state index is 2.93. The fourth-order valence-corrected chi connectivity index (χ4v) is 7.28. The van der Waals surface area contributed by atoms with Gasteiger partial charge in [-0.3, -0.25) is 0 Å². The standard InChI is InChI=1S/2H2O.5O.2W/h2*1H2;;;;;;;/q;;;;;;;2*+1/p-2. The monoisotopic (exact) mass is 482 g/mol. The average Bonchev–Trinajstić information content (AvgIpc) is 1.14. The van der Waals surface area contributed by atoms with E-state index in [0.717, 1.165) is 0 Å². The zero-order valence-corrected chi connectivity index (χ0v) is 9.62. The van der Waals surface area contributed by atoms with Crippen LogP contribution in [0.3, 0.4) is 0 Å². The van der Waals surface area contributed by atoms with Crippen LogP contribution < -0.4 is 0 Å². The summed E-state index contributed by atoms with van der Waals surface area (Å²) < 4.78 is 56.8. The van der Waals surface area contributed by atoms with Crippen molar-refractivity contribution in [2.75, 3.05) is 0 Å². The van der Waals surface area contributed by atoms with Gasteiger partial charge in [0.05, 0.1) is 0 Å². The number of rotatable bonds is 2. The summed E-state index contributed by atoms with van der Waals surface area (Å²) in [7, 11) is 0. The van der Waals surface area contributed by atoms with Gasteiger partial charge < -0.3 is 0 Å². The molecule has 0 atom stereocenters. The van der Waals surface area contributed by atoms with Crippen LogP contribution in [0, 0.1) is 0 Å². The van der Waals surface area contributed by atoms with Crippen molar-refractivity contribution < 1.29 is 56.6 Å². The summed E-state index contributed by atoms with van der Waals surface area (Å²) in [6.07, 6.45) is 0. The van der Waals surface area contributed by atoms with E-state index in [1.165, 1.54) is 0 Å². The van der Waals surface area contributed by atoms with E-state index in [1.807, 2.05) is 0 Å². The molecule has 9 heavy (non-hydrogen) atoms. The maximum absolute atomic E-state index is 9.60. The van der Waals surface area contributed by atoms with Crippen molar-refractivity contribution in [1.29, 1.82) is 0 Å². The zero-order valence-electron chi connectivity index (χ0n) is 3.75. The molecule has 0 heterocycles. The predicted molar refractivity (Wildman–Crippen MR) is 8.27 cm³/mol. The molecule has 9 heteroatoms. The van der Waals surface area contributed by atoms with Crippen LogP contribution in [0.5, 0.6) is 0 Å². The summed E-state index contributed by atoms with van der Waals surface area (Å²) in [5.74, 6) is 0. The molecule has 0 aliphatic heterocycles. The van der Waals surface area contributed by atoms with Crippen molar-refractivity contribution in [3.8, 4) is 0 Å². The summed E-state index contributed by atoms with van der Waals surface area (Å²) in [4.78, 5) is 0. The van der Waals surface area contributed by atoms with E-state index in [-0.39, 0.29) is 0 Å². The van der Waals surface area contributed by atoms with Crippen LogP contribution >= 0.6 is 0 Å². The van der Waals surface area contributed by atoms with Gasteiger partial charge in [0.15, 0.2) is 0 Å². The molecule has 0 saturated carbocycles. The Morgan fingerprint density at radius 2 is 1.11 bits per heavy atom. The third-order valence-electron chi connectivity index (χ3n) is 0.172. The molecule has 0 fully saturated rings. The van der Waals surface area contributed by atoms with Gasteiger partial charge in [0, 0.05) is 0 Å². The second-order valence-electron chi connectivity index (χ2n) is 0.924. The first kappa shape index (κ1) is 9.46. The van der Waals surface area contributed by atoms with E-state index in [4.69, 9.17) is 7.52 Å². The van der Waals surface area contributed by atoms with Crippen LogP contribution in [0.4, 0.5) is 0 Å². The molecule has 2 N–H and O–H groups in total. The Kier molecular flexibility index (Phi) is 2.73. The Balaban J connectivity index is 4.46. The molecule has 0 aromatic rings. The van der Waals surface area contributed by atoms with Crippen molar-refractivity contribution in [3.05, 3.63) is 0 Å². The van der Waals surface area contributed by atoms with Gasteiger partial charge in [-0.15, -0.1) is 0 Å². The molecule has 0 aliphatic carbocycles. The minimum atomic E-state index is -6.21. The van der Waals surface area contributed by atoms with Crippen LogP contribution in [0.15, 0.2) is 0 Å². The molecule has 0 spiro atoms. The van der Waals surface area contributed by atoms with Crippen molar-refractivity contribution in [2.24, 2.45) is 0 Å². The van der Waals surface area contributed by atoms with Gasteiger partial charge in [-0.25, -0.2) is 0 Å². The van der Waals surface area contributed by atoms with Crippen LogP contribution in [-0.2, 0) is 49.1 Å². The predicted octanol–water partition coefficient (Wildman–Crippen LogP) is -1.66. The first-order chi connectivity index (χ1) is 3.71. The molecule has 7 nitrogen and oxygen atoms in total. The third-order valence-corrected chi connectivity index (χ3v) is 11.5. The van der Waals surface area contributed by atoms with Gasteiger partial charge in [-0.2, -0.15) is 0 Å². The van der Waals surface area contributed by atoms with Crippen molar-refractivity contribution >= 4 is 0 Å². The van der Waals surface area contributed by atoms with Gasteiger partial charge >= 0.3 is 56.6 Å². The Hall–Kier alpha value is 0.457. The first-order valence-electron chi connectivity index (χ1n) is 1.37. The molecule has 0 aromatic carbocycles. The van der Waals surface area contributed by atoms with Gasteiger partial charge in [0.25, 0.3) is 0 Å². The second-order valence-corrected chi connectivity index (χ2v) is 11.6. The van der Waals surface area contributed by atoms with Crippen molar-refractivity contribution in [2.45, 2.75) is 0 Å². The Bertz CT molecular complexity index is 232. The Morgan fingerprint density at radius 3 is 1.11 bits per heavy atom. The molecule has 0 rings (SSSR count). The Labute approximate surface area is 56.7 Å². The summed E-state index contributed by atoms with van der Waals surface area (Å²) in [6.45, 7) is 0. The van der Waals surface area contributed by atoms with Crippen LogP contribution in [-0.4, -0.2) is 7.52 Å². The number of hydrogen-bond donors (Lipinski definition) is 2. The second kappa shape index (κ2) is 2.60. The summed E-state index contributed by atoms with van der Waals surface area (Å²) in [5, 5.41) is 0. The van der Waals surface area contributed by atoms with Crippen molar-refractivity contribution in [3.63, 3.8) is 0 Å². The molecule has 0 aliphatic rings. The summed E-state index contributed by atoms with van der Waals surface area (Å²) >= 11 is -12.4. The van der Waals surface area contributed by atoms with Gasteiger partial charge in [0.1, 0.15) is 0 Å². The van der Waals surface area contributed by atoms with E-state index >= 15 is 0 Å². The summed E-state index contributed by atoms with van der Waals surface area (Å²) in [5.41, 5.74) is 0. The van der Waals surface area contributed by atoms with Crippen LogP contribution in [0.25, 0.3) is 0 Å². The molecule has 0 unspecified atom stereocenters. The molecular formula is H2O7W2. The van der Waals surface area contributed by atoms with Crippen LogP contribution in [0.2, 0.25) is 0 Å². The average molecular weight is 482 g/mol. The summed E-state index contributed by atoms with van der Waals surface area (Å²) in [6, 6.07) is 0. The zero-order chi connectivity index (χ0) is 7.71. The van der Waals surface area contributed by atoms with E-state index < -0.39 is 33.5 Å². The molecule has 0 bridgehead atoms. The Morgan fingerprint density at radius 1 is 0.889 bits per heavy atom. The maximum atomic E-state index is 9.60. The van der Waals surface area contributed by atoms with E-state index in [1.54, 1.807) is 0 Å². The van der Waals surface area contributed by atoms with E-state index in [9.17, 15) is 13.6 Å².